The number of hydrogen-bond donors (Lipinski definition) is 1. The van der Waals surface area contributed by atoms with E-state index in [1.54, 1.807) is 24.0 Å². The fourth-order valence-electron chi connectivity index (χ4n) is 1.91. The summed E-state index contributed by atoms with van der Waals surface area (Å²) in [5.74, 6) is -0.403. The van der Waals surface area contributed by atoms with Crippen LogP contribution >= 0.6 is 0 Å². The van der Waals surface area contributed by atoms with Gasteiger partial charge in [0.15, 0.2) is 0 Å². The molecule has 1 amide bonds. The Kier molecular flexibility index (Phi) is 4.52. The van der Waals surface area contributed by atoms with Crippen molar-refractivity contribution in [3.63, 3.8) is 0 Å². The molecule has 0 bridgehead atoms. The summed E-state index contributed by atoms with van der Waals surface area (Å²) in [6, 6.07) is 13.1. The number of benzene rings is 1. The minimum Gasteiger partial charge on any atom is -0.345 e. The largest absolute Gasteiger partial charge is 0.345 e. The lowest BCUT2D eigenvalue weighted by molar-refractivity contribution is -0.117. The molecule has 0 spiro atoms. The number of hydrogen-bond acceptors (Lipinski definition) is 3. The normalized spacial score (nSPS) is 12.5. The van der Waals surface area contributed by atoms with Gasteiger partial charge >= 0.3 is 0 Å². The molecule has 106 valence electrons. The Bertz CT molecular complexity index is 695. The van der Waals surface area contributed by atoms with Crippen LogP contribution in [0.3, 0.4) is 0 Å². The van der Waals surface area contributed by atoms with Gasteiger partial charge in [-0.2, -0.15) is 10.4 Å². The smallest absolute Gasteiger partial charge is 0.262 e. The number of nitrogens with one attached hydrogen (secondary N) is 1. The van der Waals surface area contributed by atoms with Crippen LogP contribution in [0.5, 0.6) is 0 Å². The number of rotatable bonds is 4. The van der Waals surface area contributed by atoms with Crippen LogP contribution in [0.25, 0.3) is 6.08 Å². The second-order valence-corrected chi connectivity index (χ2v) is 4.69. The molecule has 0 fully saturated rings. The van der Waals surface area contributed by atoms with Gasteiger partial charge in [-0.05, 0) is 24.6 Å². The molecule has 0 saturated carbocycles. The molecule has 5 heteroatoms. The molecule has 1 N–H and O–H groups in total. The first-order chi connectivity index (χ1) is 10.1. The summed E-state index contributed by atoms with van der Waals surface area (Å²) < 4.78 is 1.62. The van der Waals surface area contributed by atoms with Gasteiger partial charge in [-0.15, -0.1) is 0 Å². The number of aryl methyl sites for hydroxylation is 1. The van der Waals surface area contributed by atoms with Gasteiger partial charge in [0.05, 0.1) is 11.7 Å². The third-order valence-electron chi connectivity index (χ3n) is 3.04. The van der Waals surface area contributed by atoms with Gasteiger partial charge in [0.25, 0.3) is 5.91 Å². The number of carbonyl (C=O) groups is 1. The summed E-state index contributed by atoms with van der Waals surface area (Å²) in [4.78, 5) is 12.1. The quantitative estimate of drug-likeness (QED) is 0.689. The van der Waals surface area contributed by atoms with Crippen molar-refractivity contribution < 1.29 is 4.79 Å². The zero-order chi connectivity index (χ0) is 15.2. The lowest BCUT2D eigenvalue weighted by atomic mass is 10.1. The Morgan fingerprint density at radius 2 is 2.10 bits per heavy atom. The fourth-order valence-corrected chi connectivity index (χ4v) is 1.91. The predicted octanol–water partition coefficient (Wildman–Crippen LogP) is 2.20. The zero-order valence-electron chi connectivity index (χ0n) is 11.9. The van der Waals surface area contributed by atoms with Crippen molar-refractivity contribution in [3.05, 3.63) is 59.4 Å². The average Bonchev–Trinajstić information content (AvgIpc) is 2.90. The molecule has 1 aromatic heterocycles. The standard InChI is InChI=1S/C16H16N4O/c1-12(13-6-4-3-5-7-13)18-16(21)14(11-17)10-15-8-9-20(2)19-15/h3-10,12H,1-2H3,(H,18,21)/b14-10+. The minimum absolute atomic E-state index is 0.0384. The molecule has 1 aromatic carbocycles. The topological polar surface area (TPSA) is 70.7 Å². The van der Waals surface area contributed by atoms with E-state index in [-0.39, 0.29) is 11.6 Å². The first kappa shape index (κ1) is 14.5. The summed E-state index contributed by atoms with van der Waals surface area (Å²) in [5, 5.41) is 16.1. The molecule has 5 nitrogen and oxygen atoms in total. The summed E-state index contributed by atoms with van der Waals surface area (Å²) in [6.07, 6.45) is 3.23. The summed E-state index contributed by atoms with van der Waals surface area (Å²) in [6.45, 7) is 1.88. The predicted molar refractivity (Wildman–Crippen MR) is 79.8 cm³/mol. The van der Waals surface area contributed by atoms with Crippen LogP contribution in [-0.4, -0.2) is 15.7 Å². The number of aromatic nitrogens is 2. The first-order valence-electron chi connectivity index (χ1n) is 6.57. The van der Waals surface area contributed by atoms with Crippen molar-refractivity contribution in [1.29, 1.82) is 5.26 Å². The van der Waals surface area contributed by atoms with Crippen LogP contribution in [0.15, 0.2) is 48.2 Å². The number of carbonyl (C=O) groups excluding carboxylic acids is 1. The highest BCUT2D eigenvalue weighted by atomic mass is 16.1. The van der Waals surface area contributed by atoms with Gasteiger partial charge in [-0.25, -0.2) is 0 Å². The van der Waals surface area contributed by atoms with Crippen molar-refractivity contribution in [3.8, 4) is 6.07 Å². The molecule has 1 unspecified atom stereocenters. The molecule has 21 heavy (non-hydrogen) atoms. The molecule has 2 aromatic rings. The molecule has 1 atom stereocenters. The minimum atomic E-state index is -0.403. The summed E-state index contributed by atoms with van der Waals surface area (Å²) in [7, 11) is 1.78. The van der Waals surface area contributed by atoms with E-state index in [4.69, 9.17) is 5.26 Å². The van der Waals surface area contributed by atoms with Crippen LogP contribution in [0, 0.1) is 11.3 Å². The van der Waals surface area contributed by atoms with E-state index in [0.29, 0.717) is 5.69 Å². The van der Waals surface area contributed by atoms with E-state index >= 15 is 0 Å². The third-order valence-corrected chi connectivity index (χ3v) is 3.04. The van der Waals surface area contributed by atoms with E-state index in [2.05, 4.69) is 10.4 Å². The van der Waals surface area contributed by atoms with Crippen LogP contribution in [0.1, 0.15) is 24.2 Å². The van der Waals surface area contributed by atoms with Gasteiger partial charge in [0.1, 0.15) is 11.6 Å². The second-order valence-electron chi connectivity index (χ2n) is 4.69. The molecule has 0 aliphatic rings. The highest BCUT2D eigenvalue weighted by Crippen LogP contribution is 2.12. The monoisotopic (exact) mass is 280 g/mol. The summed E-state index contributed by atoms with van der Waals surface area (Å²) >= 11 is 0. The molecule has 0 radical (unpaired) electrons. The molecule has 0 saturated heterocycles. The maximum atomic E-state index is 12.1. The Hall–Kier alpha value is -2.87. The van der Waals surface area contributed by atoms with E-state index in [9.17, 15) is 4.79 Å². The molecular weight excluding hydrogens is 264 g/mol. The van der Waals surface area contributed by atoms with Crippen molar-refractivity contribution in [2.75, 3.05) is 0 Å². The Morgan fingerprint density at radius 3 is 2.67 bits per heavy atom. The van der Waals surface area contributed by atoms with E-state index in [1.807, 2.05) is 43.3 Å². The third kappa shape index (κ3) is 3.80. The highest BCUT2D eigenvalue weighted by molar-refractivity contribution is 6.01. The van der Waals surface area contributed by atoms with Crippen molar-refractivity contribution in [2.24, 2.45) is 7.05 Å². The lowest BCUT2D eigenvalue weighted by Crippen LogP contribution is -2.27. The molecule has 2 rings (SSSR count). The van der Waals surface area contributed by atoms with Crippen molar-refractivity contribution in [2.45, 2.75) is 13.0 Å². The number of amides is 1. The van der Waals surface area contributed by atoms with E-state index in [0.717, 1.165) is 5.56 Å². The first-order valence-corrected chi connectivity index (χ1v) is 6.57. The SMILES string of the molecule is CC(NC(=O)/C(C#N)=C/c1ccn(C)n1)c1ccccc1. The maximum Gasteiger partial charge on any atom is 0.262 e. The van der Waals surface area contributed by atoms with Gasteiger partial charge in [-0.1, -0.05) is 30.3 Å². The van der Waals surface area contributed by atoms with Gasteiger partial charge in [-0.3, -0.25) is 9.48 Å². The van der Waals surface area contributed by atoms with Gasteiger partial charge in [0.2, 0.25) is 0 Å². The summed E-state index contributed by atoms with van der Waals surface area (Å²) in [5.41, 5.74) is 1.61. The molecule has 0 aliphatic carbocycles. The van der Waals surface area contributed by atoms with E-state index < -0.39 is 5.91 Å². The van der Waals surface area contributed by atoms with Crippen LogP contribution in [-0.2, 0) is 11.8 Å². The van der Waals surface area contributed by atoms with Crippen molar-refractivity contribution in [1.82, 2.24) is 15.1 Å². The van der Waals surface area contributed by atoms with Crippen LogP contribution in [0.2, 0.25) is 0 Å². The Morgan fingerprint density at radius 1 is 1.38 bits per heavy atom. The lowest BCUT2D eigenvalue weighted by Gasteiger charge is -2.13. The van der Waals surface area contributed by atoms with Gasteiger partial charge < -0.3 is 5.32 Å². The average molecular weight is 280 g/mol. The zero-order valence-corrected chi connectivity index (χ0v) is 11.9. The number of nitrogens with zero attached hydrogens (tertiary/aromatic N) is 3. The number of nitriles is 1. The second kappa shape index (κ2) is 6.53. The van der Waals surface area contributed by atoms with Crippen LogP contribution in [0.4, 0.5) is 0 Å². The van der Waals surface area contributed by atoms with E-state index in [1.165, 1.54) is 6.08 Å². The maximum absolute atomic E-state index is 12.1. The van der Waals surface area contributed by atoms with Crippen molar-refractivity contribution >= 4 is 12.0 Å². The molecular formula is C16H16N4O. The van der Waals surface area contributed by atoms with Crippen LogP contribution < -0.4 is 5.32 Å². The Balaban J connectivity index is 2.11. The molecule has 0 aliphatic heterocycles. The fraction of sp³-hybridized carbons (Fsp3) is 0.188. The molecule has 1 heterocycles. The van der Waals surface area contributed by atoms with Gasteiger partial charge in [0, 0.05) is 13.2 Å². The highest BCUT2D eigenvalue weighted by Gasteiger charge is 2.14. The Labute approximate surface area is 123 Å².